The summed E-state index contributed by atoms with van der Waals surface area (Å²) in [6.07, 6.45) is 0. The molecule has 0 fully saturated rings. The van der Waals surface area contributed by atoms with E-state index in [1.165, 1.54) is 7.11 Å². The second-order valence-electron chi connectivity index (χ2n) is 10.0. The number of benzene rings is 4. The SMILES string of the molecule is COc1ccc(C(=O)COC(=O)c2cc(-c3ccc(N4C(=O)c5ccccc5C4=O)cc3)nc3c(C)c(Cl)c(Br)cc23)cc1. The number of carbonyl (C=O) groups is 4. The van der Waals surface area contributed by atoms with Crippen molar-refractivity contribution >= 4 is 67.7 Å². The van der Waals surface area contributed by atoms with Gasteiger partial charge in [0.05, 0.1) is 45.7 Å². The van der Waals surface area contributed by atoms with Crippen molar-refractivity contribution in [3.63, 3.8) is 0 Å². The Kier molecular flexibility index (Phi) is 7.75. The molecule has 4 aromatic carbocycles. The molecule has 0 spiro atoms. The highest BCUT2D eigenvalue weighted by atomic mass is 79.9. The molecule has 5 aromatic rings. The van der Waals surface area contributed by atoms with Crippen LogP contribution in [0.2, 0.25) is 5.02 Å². The molecule has 10 heteroatoms. The number of aromatic nitrogens is 1. The highest BCUT2D eigenvalue weighted by molar-refractivity contribution is 9.10. The van der Waals surface area contributed by atoms with E-state index in [1.54, 1.807) is 91.9 Å². The number of fused-ring (bicyclic) bond motifs is 2. The van der Waals surface area contributed by atoms with Gasteiger partial charge in [-0.05, 0) is 89.1 Å². The third-order valence-electron chi connectivity index (χ3n) is 7.41. The lowest BCUT2D eigenvalue weighted by Gasteiger charge is -2.15. The zero-order valence-electron chi connectivity index (χ0n) is 23.4. The molecule has 2 amide bonds. The quantitative estimate of drug-likeness (QED) is 0.101. The second kappa shape index (κ2) is 11.7. The van der Waals surface area contributed by atoms with E-state index < -0.39 is 24.4 Å². The molecular weight excluding hydrogens is 648 g/mol. The van der Waals surface area contributed by atoms with Crippen molar-refractivity contribution < 1.29 is 28.7 Å². The van der Waals surface area contributed by atoms with Crippen LogP contribution in [0, 0.1) is 6.92 Å². The molecule has 0 atom stereocenters. The van der Waals surface area contributed by atoms with Crippen LogP contribution >= 0.6 is 27.5 Å². The maximum absolute atomic E-state index is 13.4. The summed E-state index contributed by atoms with van der Waals surface area (Å²) >= 11 is 9.96. The van der Waals surface area contributed by atoms with E-state index in [0.717, 1.165) is 4.90 Å². The highest BCUT2D eigenvalue weighted by Crippen LogP contribution is 2.36. The Labute approximate surface area is 265 Å². The largest absolute Gasteiger partial charge is 0.497 e. The first kappa shape index (κ1) is 29.2. The van der Waals surface area contributed by atoms with Crippen molar-refractivity contribution in [1.29, 1.82) is 0 Å². The van der Waals surface area contributed by atoms with E-state index >= 15 is 0 Å². The van der Waals surface area contributed by atoms with Gasteiger partial charge in [0.15, 0.2) is 12.4 Å². The zero-order valence-corrected chi connectivity index (χ0v) is 25.7. The molecule has 0 unspecified atom stereocenters. The number of ether oxygens (including phenoxy) is 2. The third-order valence-corrected chi connectivity index (χ3v) is 8.75. The van der Waals surface area contributed by atoms with Crippen molar-refractivity contribution in [3.05, 3.63) is 122 Å². The molecule has 0 radical (unpaired) electrons. The van der Waals surface area contributed by atoms with Crippen LogP contribution in [0.25, 0.3) is 22.2 Å². The first-order chi connectivity index (χ1) is 21.2. The number of Topliss-reactive ketones (excluding diaryl/α,β-unsaturated/α-hetero) is 1. The van der Waals surface area contributed by atoms with Crippen LogP contribution in [0.3, 0.4) is 0 Å². The van der Waals surface area contributed by atoms with Gasteiger partial charge in [0.2, 0.25) is 0 Å². The maximum Gasteiger partial charge on any atom is 0.339 e. The second-order valence-corrected chi connectivity index (χ2v) is 11.2. The lowest BCUT2D eigenvalue weighted by molar-refractivity contribution is 0.0476. The summed E-state index contributed by atoms with van der Waals surface area (Å²) in [5.74, 6) is -1.27. The molecule has 2 heterocycles. The molecule has 218 valence electrons. The fourth-order valence-electron chi connectivity index (χ4n) is 5.05. The Hall–Kier alpha value is -4.86. The Morgan fingerprint density at radius 1 is 0.909 bits per heavy atom. The molecule has 0 bridgehead atoms. The number of methoxy groups -OCH3 is 1. The summed E-state index contributed by atoms with van der Waals surface area (Å²) in [7, 11) is 1.53. The number of nitrogens with zero attached hydrogens (tertiary/aromatic N) is 2. The molecule has 1 aliphatic rings. The van der Waals surface area contributed by atoms with Gasteiger partial charge >= 0.3 is 5.97 Å². The Morgan fingerprint density at radius 3 is 2.16 bits per heavy atom. The fourth-order valence-corrected chi connectivity index (χ4v) is 5.72. The van der Waals surface area contributed by atoms with Crippen molar-refractivity contribution in [2.45, 2.75) is 6.92 Å². The van der Waals surface area contributed by atoms with Crippen molar-refractivity contribution in [3.8, 4) is 17.0 Å². The number of halogens is 2. The number of hydrogen-bond acceptors (Lipinski definition) is 7. The van der Waals surface area contributed by atoms with Crippen molar-refractivity contribution in [2.24, 2.45) is 0 Å². The van der Waals surface area contributed by atoms with E-state index in [-0.39, 0.29) is 11.3 Å². The smallest absolute Gasteiger partial charge is 0.339 e. The molecule has 1 aromatic heterocycles. The summed E-state index contributed by atoms with van der Waals surface area (Å²) in [4.78, 5) is 58.0. The molecule has 0 aliphatic carbocycles. The van der Waals surface area contributed by atoms with Crippen LogP contribution in [0.1, 0.15) is 47.0 Å². The number of anilines is 1. The normalized spacial score (nSPS) is 12.4. The number of pyridine rings is 1. The van der Waals surface area contributed by atoms with Gasteiger partial charge < -0.3 is 9.47 Å². The Balaban J connectivity index is 1.33. The molecule has 0 saturated carbocycles. The van der Waals surface area contributed by atoms with Crippen LogP contribution in [-0.2, 0) is 4.74 Å². The lowest BCUT2D eigenvalue weighted by atomic mass is 10.0. The molecule has 44 heavy (non-hydrogen) atoms. The average Bonchev–Trinajstić information content (AvgIpc) is 3.31. The maximum atomic E-state index is 13.4. The average molecular weight is 670 g/mol. The molecule has 0 N–H and O–H groups in total. The lowest BCUT2D eigenvalue weighted by Crippen LogP contribution is -2.29. The summed E-state index contributed by atoms with van der Waals surface area (Å²) < 4.78 is 11.2. The summed E-state index contributed by atoms with van der Waals surface area (Å²) in [5, 5.41) is 0.934. The Bertz CT molecular complexity index is 1970. The van der Waals surface area contributed by atoms with Crippen LogP contribution in [0.15, 0.2) is 89.4 Å². The van der Waals surface area contributed by atoms with Gasteiger partial charge in [-0.3, -0.25) is 14.4 Å². The zero-order chi connectivity index (χ0) is 31.1. The Morgan fingerprint density at radius 2 is 1.55 bits per heavy atom. The minimum Gasteiger partial charge on any atom is -0.497 e. The fraction of sp³-hybridized carbons (Fsp3) is 0.0882. The predicted molar refractivity (Wildman–Crippen MR) is 170 cm³/mol. The monoisotopic (exact) mass is 668 g/mol. The third kappa shape index (κ3) is 5.14. The summed E-state index contributed by atoms with van der Waals surface area (Å²) in [5.41, 5.74) is 3.85. The number of amides is 2. The first-order valence-corrected chi connectivity index (χ1v) is 14.6. The van der Waals surface area contributed by atoms with E-state index in [0.29, 0.717) is 65.3 Å². The standard InChI is InChI=1S/C34H22BrClN2O6/c1-18-30(36)27(35)15-25-26(34(42)44-17-29(39)20-9-13-22(43-2)14-10-20)16-28(37-31(18)25)19-7-11-21(12-8-19)38-32(40)23-5-3-4-6-24(23)33(38)41/h3-16H,17H2,1-2H3. The van der Waals surface area contributed by atoms with E-state index in [2.05, 4.69) is 15.9 Å². The first-order valence-electron chi connectivity index (χ1n) is 13.4. The number of carbonyl (C=O) groups excluding carboxylic acids is 4. The van der Waals surface area contributed by atoms with Gasteiger partial charge in [0, 0.05) is 21.0 Å². The van der Waals surface area contributed by atoms with Gasteiger partial charge in [-0.15, -0.1) is 0 Å². The van der Waals surface area contributed by atoms with Crippen LogP contribution in [0.4, 0.5) is 5.69 Å². The van der Waals surface area contributed by atoms with E-state index in [9.17, 15) is 19.2 Å². The predicted octanol–water partition coefficient (Wildman–Crippen LogP) is 7.48. The van der Waals surface area contributed by atoms with Crippen LogP contribution in [-0.4, -0.2) is 42.3 Å². The molecule has 1 aliphatic heterocycles. The number of ketones is 1. The highest BCUT2D eigenvalue weighted by Gasteiger charge is 2.36. The number of esters is 1. The minimum absolute atomic E-state index is 0.192. The van der Waals surface area contributed by atoms with E-state index in [1.807, 2.05) is 0 Å². The van der Waals surface area contributed by atoms with Crippen LogP contribution in [0.5, 0.6) is 5.75 Å². The van der Waals surface area contributed by atoms with Crippen molar-refractivity contribution in [1.82, 2.24) is 4.98 Å². The minimum atomic E-state index is -0.711. The number of aryl methyl sites for hydroxylation is 1. The molecule has 0 saturated heterocycles. The number of hydrogen-bond donors (Lipinski definition) is 0. The summed E-state index contributed by atoms with van der Waals surface area (Å²) in [6, 6.07) is 23.2. The van der Waals surface area contributed by atoms with Crippen molar-refractivity contribution in [2.75, 3.05) is 18.6 Å². The topological polar surface area (TPSA) is 103 Å². The summed E-state index contributed by atoms with van der Waals surface area (Å²) in [6.45, 7) is 1.33. The van der Waals surface area contributed by atoms with Gasteiger partial charge in [-0.2, -0.15) is 0 Å². The van der Waals surface area contributed by atoms with Gasteiger partial charge in [0.25, 0.3) is 11.8 Å². The van der Waals surface area contributed by atoms with Gasteiger partial charge in [0.1, 0.15) is 5.75 Å². The molecule has 8 nitrogen and oxygen atoms in total. The molecule has 6 rings (SSSR count). The van der Waals surface area contributed by atoms with Gasteiger partial charge in [-0.1, -0.05) is 35.9 Å². The number of rotatable bonds is 7. The molecular formula is C34H22BrClN2O6. The van der Waals surface area contributed by atoms with E-state index in [4.69, 9.17) is 26.1 Å². The van der Waals surface area contributed by atoms with Gasteiger partial charge in [-0.25, -0.2) is 14.7 Å². The number of imide groups is 1. The van der Waals surface area contributed by atoms with Crippen LogP contribution < -0.4 is 9.64 Å².